The standard InChI is InChI=1S/C13H16N2O3/c1-9(16)15-8-12(13(17)14(2)3)18-11-7-5-4-6-10(11)15/h4-7,12H,8H2,1-3H3. The molecule has 0 N–H and O–H groups in total. The van der Waals surface area contributed by atoms with Gasteiger partial charge in [-0.05, 0) is 12.1 Å². The number of anilines is 1. The lowest BCUT2D eigenvalue weighted by Gasteiger charge is -2.34. The first-order valence-corrected chi connectivity index (χ1v) is 5.75. The van der Waals surface area contributed by atoms with Crippen LogP contribution in [-0.4, -0.2) is 43.5 Å². The van der Waals surface area contributed by atoms with Gasteiger partial charge in [-0.25, -0.2) is 0 Å². The van der Waals surface area contributed by atoms with E-state index in [1.54, 1.807) is 25.1 Å². The molecule has 0 aromatic heterocycles. The highest BCUT2D eigenvalue weighted by Gasteiger charge is 2.33. The topological polar surface area (TPSA) is 49.9 Å². The van der Waals surface area contributed by atoms with Crippen molar-refractivity contribution in [2.24, 2.45) is 0 Å². The second-order valence-electron chi connectivity index (χ2n) is 4.44. The third kappa shape index (κ3) is 2.16. The monoisotopic (exact) mass is 248 g/mol. The van der Waals surface area contributed by atoms with Gasteiger partial charge in [0.05, 0.1) is 12.2 Å². The molecular weight excluding hydrogens is 232 g/mol. The van der Waals surface area contributed by atoms with Gasteiger partial charge in [0, 0.05) is 21.0 Å². The summed E-state index contributed by atoms with van der Waals surface area (Å²) in [6, 6.07) is 7.24. The predicted molar refractivity (Wildman–Crippen MR) is 67.6 cm³/mol. The van der Waals surface area contributed by atoms with Crippen LogP contribution in [0.2, 0.25) is 0 Å². The van der Waals surface area contributed by atoms with Crippen molar-refractivity contribution in [3.05, 3.63) is 24.3 Å². The van der Waals surface area contributed by atoms with Crippen molar-refractivity contribution in [2.45, 2.75) is 13.0 Å². The first kappa shape index (κ1) is 12.4. The van der Waals surface area contributed by atoms with Gasteiger partial charge in [-0.2, -0.15) is 0 Å². The van der Waals surface area contributed by atoms with E-state index in [4.69, 9.17) is 4.74 Å². The average molecular weight is 248 g/mol. The molecule has 1 aromatic carbocycles. The third-order valence-corrected chi connectivity index (χ3v) is 2.87. The zero-order valence-electron chi connectivity index (χ0n) is 10.7. The molecule has 0 saturated carbocycles. The van der Waals surface area contributed by atoms with Gasteiger partial charge in [0.15, 0.2) is 6.10 Å². The normalized spacial score (nSPS) is 17.7. The number of amides is 2. The van der Waals surface area contributed by atoms with Gasteiger partial charge in [-0.15, -0.1) is 0 Å². The Morgan fingerprint density at radius 2 is 2.00 bits per heavy atom. The molecule has 0 bridgehead atoms. The summed E-state index contributed by atoms with van der Waals surface area (Å²) in [6.07, 6.45) is -0.640. The van der Waals surface area contributed by atoms with Crippen LogP contribution in [0.25, 0.3) is 0 Å². The van der Waals surface area contributed by atoms with Gasteiger partial charge in [-0.1, -0.05) is 12.1 Å². The number of para-hydroxylation sites is 2. The van der Waals surface area contributed by atoms with Gasteiger partial charge >= 0.3 is 0 Å². The summed E-state index contributed by atoms with van der Waals surface area (Å²) in [4.78, 5) is 26.6. The van der Waals surface area contributed by atoms with Gasteiger partial charge < -0.3 is 14.5 Å². The van der Waals surface area contributed by atoms with E-state index in [1.165, 1.54) is 11.8 Å². The Bertz CT molecular complexity index is 485. The zero-order chi connectivity index (χ0) is 13.3. The van der Waals surface area contributed by atoms with E-state index in [1.807, 2.05) is 18.2 Å². The molecular formula is C13H16N2O3. The van der Waals surface area contributed by atoms with Crippen molar-refractivity contribution in [1.82, 2.24) is 4.90 Å². The first-order valence-electron chi connectivity index (χ1n) is 5.75. The Morgan fingerprint density at radius 3 is 2.61 bits per heavy atom. The van der Waals surface area contributed by atoms with Crippen LogP contribution < -0.4 is 9.64 Å². The number of nitrogens with zero attached hydrogens (tertiary/aromatic N) is 2. The molecule has 0 radical (unpaired) electrons. The van der Waals surface area contributed by atoms with Crippen LogP contribution in [-0.2, 0) is 9.59 Å². The van der Waals surface area contributed by atoms with Gasteiger partial charge in [0.25, 0.3) is 5.91 Å². The SMILES string of the molecule is CC(=O)N1CC(C(=O)N(C)C)Oc2ccccc21. The lowest BCUT2D eigenvalue weighted by molar-refractivity contribution is -0.136. The fraction of sp³-hybridized carbons (Fsp3) is 0.385. The maximum atomic E-state index is 11.9. The van der Waals surface area contributed by atoms with E-state index >= 15 is 0 Å². The zero-order valence-corrected chi connectivity index (χ0v) is 10.7. The molecule has 0 fully saturated rings. The second-order valence-corrected chi connectivity index (χ2v) is 4.44. The summed E-state index contributed by atoms with van der Waals surface area (Å²) in [7, 11) is 3.34. The number of carbonyl (C=O) groups excluding carboxylic acids is 2. The van der Waals surface area contributed by atoms with Crippen LogP contribution in [0.15, 0.2) is 24.3 Å². The fourth-order valence-electron chi connectivity index (χ4n) is 1.95. The highest BCUT2D eigenvalue weighted by molar-refractivity contribution is 5.95. The minimum Gasteiger partial charge on any atom is -0.476 e. The molecule has 0 aliphatic carbocycles. The second kappa shape index (κ2) is 4.68. The quantitative estimate of drug-likeness (QED) is 0.741. The van der Waals surface area contributed by atoms with Crippen molar-refractivity contribution >= 4 is 17.5 Å². The van der Waals surface area contributed by atoms with Gasteiger partial charge in [0.2, 0.25) is 5.91 Å². The number of likely N-dealkylation sites (N-methyl/N-ethyl adjacent to an activating group) is 1. The van der Waals surface area contributed by atoms with Crippen LogP contribution in [0, 0.1) is 0 Å². The van der Waals surface area contributed by atoms with Gasteiger partial charge in [0.1, 0.15) is 5.75 Å². The number of hydrogen-bond donors (Lipinski definition) is 0. The van der Waals surface area contributed by atoms with E-state index in [-0.39, 0.29) is 18.4 Å². The molecule has 2 rings (SSSR count). The van der Waals surface area contributed by atoms with Crippen molar-refractivity contribution in [1.29, 1.82) is 0 Å². The predicted octanol–water partition coefficient (Wildman–Crippen LogP) is 0.889. The van der Waals surface area contributed by atoms with E-state index in [0.29, 0.717) is 11.4 Å². The Morgan fingerprint density at radius 1 is 1.33 bits per heavy atom. The van der Waals surface area contributed by atoms with Crippen LogP contribution in [0.5, 0.6) is 5.75 Å². The minimum atomic E-state index is -0.640. The largest absolute Gasteiger partial charge is 0.476 e. The first-order chi connectivity index (χ1) is 8.50. The molecule has 18 heavy (non-hydrogen) atoms. The molecule has 5 nitrogen and oxygen atoms in total. The average Bonchev–Trinajstić information content (AvgIpc) is 2.36. The number of hydrogen-bond acceptors (Lipinski definition) is 3. The Hall–Kier alpha value is -2.04. The Labute approximate surface area is 106 Å². The molecule has 2 amide bonds. The molecule has 96 valence electrons. The summed E-state index contributed by atoms with van der Waals surface area (Å²) >= 11 is 0. The molecule has 0 spiro atoms. The van der Waals surface area contributed by atoms with Crippen LogP contribution in [0.1, 0.15) is 6.92 Å². The Kier molecular flexibility index (Phi) is 3.23. The van der Waals surface area contributed by atoms with Crippen LogP contribution in [0.4, 0.5) is 5.69 Å². The molecule has 1 aromatic rings. The van der Waals surface area contributed by atoms with Crippen LogP contribution >= 0.6 is 0 Å². The van der Waals surface area contributed by atoms with Crippen molar-refractivity contribution in [3.8, 4) is 5.75 Å². The molecule has 5 heteroatoms. The number of carbonyl (C=O) groups is 2. The lowest BCUT2D eigenvalue weighted by atomic mass is 10.1. The molecule has 1 atom stereocenters. The van der Waals surface area contributed by atoms with E-state index in [9.17, 15) is 9.59 Å². The number of ether oxygens (including phenoxy) is 1. The summed E-state index contributed by atoms with van der Waals surface area (Å²) < 4.78 is 5.65. The number of benzene rings is 1. The smallest absolute Gasteiger partial charge is 0.265 e. The number of fused-ring (bicyclic) bond motifs is 1. The van der Waals surface area contributed by atoms with Gasteiger partial charge in [-0.3, -0.25) is 9.59 Å². The minimum absolute atomic E-state index is 0.0951. The highest BCUT2D eigenvalue weighted by Crippen LogP contribution is 2.33. The van der Waals surface area contributed by atoms with Crippen molar-refractivity contribution < 1.29 is 14.3 Å². The molecule has 1 heterocycles. The molecule has 1 aliphatic heterocycles. The lowest BCUT2D eigenvalue weighted by Crippen LogP contribution is -2.49. The van der Waals surface area contributed by atoms with E-state index < -0.39 is 6.10 Å². The summed E-state index contributed by atoms with van der Waals surface area (Å²) in [6.45, 7) is 1.74. The third-order valence-electron chi connectivity index (χ3n) is 2.87. The van der Waals surface area contributed by atoms with Crippen LogP contribution in [0.3, 0.4) is 0 Å². The van der Waals surface area contributed by atoms with E-state index in [2.05, 4.69) is 0 Å². The van der Waals surface area contributed by atoms with Crippen molar-refractivity contribution in [2.75, 3.05) is 25.5 Å². The number of rotatable bonds is 1. The Balaban J connectivity index is 2.34. The summed E-state index contributed by atoms with van der Waals surface area (Å²) in [5.74, 6) is 0.331. The molecule has 1 aliphatic rings. The van der Waals surface area contributed by atoms with Crippen molar-refractivity contribution in [3.63, 3.8) is 0 Å². The maximum Gasteiger partial charge on any atom is 0.265 e. The maximum absolute atomic E-state index is 11.9. The molecule has 1 unspecified atom stereocenters. The fourth-order valence-corrected chi connectivity index (χ4v) is 1.95. The summed E-state index contributed by atoms with van der Waals surface area (Å²) in [5.41, 5.74) is 0.716. The highest BCUT2D eigenvalue weighted by atomic mass is 16.5. The van der Waals surface area contributed by atoms with E-state index in [0.717, 1.165) is 0 Å². The molecule has 0 saturated heterocycles. The summed E-state index contributed by atoms with van der Waals surface area (Å²) in [5, 5.41) is 0.